The molecule has 0 aromatic carbocycles. The molecule has 0 bridgehead atoms. The first-order valence-electron chi connectivity index (χ1n) is 5.22. The maximum absolute atomic E-state index is 12.1. The zero-order valence-corrected chi connectivity index (χ0v) is 11.3. The molecule has 0 spiro atoms. The second-order valence-electron chi connectivity index (χ2n) is 3.59. The van der Waals surface area contributed by atoms with Gasteiger partial charge in [-0.1, -0.05) is 11.6 Å². The molecule has 0 aliphatic heterocycles. The third-order valence-electron chi connectivity index (χ3n) is 2.36. The average Bonchev–Trinajstić information content (AvgIpc) is 2.60. The number of thiophene rings is 1. The van der Waals surface area contributed by atoms with Crippen LogP contribution in [0.15, 0.2) is 5.38 Å². The van der Waals surface area contributed by atoms with E-state index in [1.165, 1.54) is 16.2 Å². The Morgan fingerprint density at radius 1 is 1.53 bits per heavy atom. The number of aliphatic carboxylic acids is 1. The van der Waals surface area contributed by atoms with E-state index in [4.69, 9.17) is 16.7 Å². The van der Waals surface area contributed by atoms with Crippen LogP contribution in [-0.2, 0) is 4.79 Å². The van der Waals surface area contributed by atoms with Crippen molar-refractivity contribution in [2.45, 2.75) is 20.3 Å². The number of hydrogen-bond donors (Lipinski definition) is 1. The number of nitrogens with zero attached hydrogens (tertiary/aromatic N) is 1. The zero-order valence-electron chi connectivity index (χ0n) is 9.70. The molecule has 0 saturated heterocycles. The Balaban J connectivity index is 2.79. The molecule has 0 unspecified atom stereocenters. The maximum Gasteiger partial charge on any atom is 0.305 e. The minimum Gasteiger partial charge on any atom is -0.481 e. The Morgan fingerprint density at radius 3 is 2.59 bits per heavy atom. The summed E-state index contributed by atoms with van der Waals surface area (Å²) in [6.45, 7) is 4.33. The van der Waals surface area contributed by atoms with Crippen LogP contribution in [0.5, 0.6) is 0 Å². The minimum atomic E-state index is -0.912. The minimum absolute atomic E-state index is 0.0540. The van der Waals surface area contributed by atoms with Crippen LogP contribution in [0.2, 0.25) is 5.02 Å². The number of amides is 1. The topological polar surface area (TPSA) is 57.6 Å². The predicted molar refractivity (Wildman–Crippen MR) is 67.9 cm³/mol. The van der Waals surface area contributed by atoms with Crippen molar-refractivity contribution in [2.75, 3.05) is 13.1 Å². The van der Waals surface area contributed by atoms with Crippen LogP contribution < -0.4 is 0 Å². The molecular weight excluding hydrogens is 262 g/mol. The van der Waals surface area contributed by atoms with Crippen LogP contribution in [0.3, 0.4) is 0 Å². The highest BCUT2D eigenvalue weighted by Crippen LogP contribution is 2.28. The lowest BCUT2D eigenvalue weighted by atomic mass is 10.3. The summed E-state index contributed by atoms with van der Waals surface area (Å²) in [4.78, 5) is 24.5. The molecule has 1 amide bonds. The number of aryl methyl sites for hydroxylation is 1. The highest BCUT2D eigenvalue weighted by molar-refractivity contribution is 7.13. The van der Waals surface area contributed by atoms with E-state index in [-0.39, 0.29) is 18.9 Å². The van der Waals surface area contributed by atoms with Crippen LogP contribution in [0.4, 0.5) is 0 Å². The second kappa shape index (κ2) is 6.02. The summed E-state index contributed by atoms with van der Waals surface area (Å²) in [6.07, 6.45) is -0.0540. The van der Waals surface area contributed by atoms with Gasteiger partial charge in [0.25, 0.3) is 5.91 Å². The quantitative estimate of drug-likeness (QED) is 0.899. The van der Waals surface area contributed by atoms with Crippen molar-refractivity contribution in [3.8, 4) is 0 Å². The van der Waals surface area contributed by atoms with E-state index in [2.05, 4.69) is 0 Å². The van der Waals surface area contributed by atoms with E-state index in [1.807, 2.05) is 19.2 Å². The Morgan fingerprint density at radius 2 is 2.18 bits per heavy atom. The van der Waals surface area contributed by atoms with Crippen molar-refractivity contribution < 1.29 is 14.7 Å². The van der Waals surface area contributed by atoms with Crippen molar-refractivity contribution >= 4 is 34.8 Å². The highest BCUT2D eigenvalue weighted by Gasteiger charge is 2.20. The van der Waals surface area contributed by atoms with E-state index in [9.17, 15) is 9.59 Å². The molecule has 0 atom stereocenters. The molecule has 0 fully saturated rings. The van der Waals surface area contributed by atoms with Gasteiger partial charge in [-0.15, -0.1) is 11.3 Å². The number of carboxylic acids is 1. The van der Waals surface area contributed by atoms with Crippen LogP contribution in [0, 0.1) is 6.92 Å². The Hall–Kier alpha value is -1.07. The van der Waals surface area contributed by atoms with E-state index in [0.717, 1.165) is 5.56 Å². The number of rotatable bonds is 5. The van der Waals surface area contributed by atoms with Gasteiger partial charge in [0.1, 0.15) is 4.88 Å². The maximum atomic E-state index is 12.1. The van der Waals surface area contributed by atoms with Crippen molar-refractivity contribution in [1.82, 2.24) is 4.90 Å². The number of hydrogen-bond acceptors (Lipinski definition) is 3. The van der Waals surface area contributed by atoms with Crippen LogP contribution in [-0.4, -0.2) is 35.0 Å². The molecule has 0 radical (unpaired) electrons. The fraction of sp³-hybridized carbons (Fsp3) is 0.455. The van der Waals surface area contributed by atoms with Gasteiger partial charge in [-0.05, 0) is 24.8 Å². The third-order valence-corrected chi connectivity index (χ3v) is 4.04. The lowest BCUT2D eigenvalue weighted by molar-refractivity contribution is -0.137. The second-order valence-corrected chi connectivity index (χ2v) is 4.85. The van der Waals surface area contributed by atoms with Gasteiger partial charge in [0.2, 0.25) is 0 Å². The number of carbonyl (C=O) groups excluding carboxylic acids is 1. The van der Waals surface area contributed by atoms with E-state index >= 15 is 0 Å². The lowest BCUT2D eigenvalue weighted by Gasteiger charge is -2.19. The summed E-state index contributed by atoms with van der Waals surface area (Å²) in [5.74, 6) is -1.11. The molecule has 4 nitrogen and oxygen atoms in total. The van der Waals surface area contributed by atoms with Crippen molar-refractivity contribution in [3.05, 3.63) is 20.8 Å². The Kier molecular flexibility index (Phi) is 4.96. The third kappa shape index (κ3) is 3.44. The molecule has 17 heavy (non-hydrogen) atoms. The monoisotopic (exact) mass is 275 g/mol. The van der Waals surface area contributed by atoms with Gasteiger partial charge in [0.05, 0.1) is 11.4 Å². The van der Waals surface area contributed by atoms with Gasteiger partial charge in [-0.2, -0.15) is 0 Å². The Bertz CT molecular complexity index is 430. The zero-order chi connectivity index (χ0) is 13.0. The molecule has 0 aliphatic rings. The molecule has 1 rings (SSSR count). The van der Waals surface area contributed by atoms with Gasteiger partial charge in [0.15, 0.2) is 0 Å². The summed E-state index contributed by atoms with van der Waals surface area (Å²) in [6, 6.07) is 0. The van der Waals surface area contributed by atoms with E-state index < -0.39 is 5.97 Å². The van der Waals surface area contributed by atoms with Crippen LogP contribution in [0.25, 0.3) is 0 Å². The molecular formula is C11H14ClNO3S. The summed E-state index contributed by atoms with van der Waals surface area (Å²) in [5, 5.41) is 10.9. The van der Waals surface area contributed by atoms with E-state index in [1.54, 1.807) is 0 Å². The smallest absolute Gasteiger partial charge is 0.305 e. The largest absolute Gasteiger partial charge is 0.481 e. The number of halogens is 1. The first kappa shape index (κ1) is 14.0. The summed E-state index contributed by atoms with van der Waals surface area (Å²) >= 11 is 7.31. The fourth-order valence-corrected chi connectivity index (χ4v) is 2.59. The fourth-order valence-electron chi connectivity index (χ4n) is 1.35. The predicted octanol–water partition coefficient (Wildman–Crippen LogP) is 2.65. The first-order valence-corrected chi connectivity index (χ1v) is 6.47. The highest BCUT2D eigenvalue weighted by atomic mass is 35.5. The van der Waals surface area contributed by atoms with Crippen LogP contribution >= 0.6 is 22.9 Å². The van der Waals surface area contributed by atoms with E-state index in [0.29, 0.717) is 16.4 Å². The van der Waals surface area contributed by atoms with Crippen molar-refractivity contribution in [1.29, 1.82) is 0 Å². The molecule has 0 aliphatic carbocycles. The summed E-state index contributed by atoms with van der Waals surface area (Å²) in [7, 11) is 0. The molecule has 1 N–H and O–H groups in total. The van der Waals surface area contributed by atoms with Crippen molar-refractivity contribution in [2.24, 2.45) is 0 Å². The van der Waals surface area contributed by atoms with Gasteiger partial charge in [-0.25, -0.2) is 0 Å². The molecule has 6 heteroatoms. The normalized spacial score (nSPS) is 10.3. The number of carbonyl (C=O) groups is 2. The molecule has 1 aromatic rings. The molecule has 0 saturated carbocycles. The lowest BCUT2D eigenvalue weighted by Crippen LogP contribution is -2.32. The average molecular weight is 276 g/mol. The molecule has 1 heterocycles. The first-order chi connectivity index (χ1) is 7.97. The van der Waals surface area contributed by atoms with Gasteiger partial charge < -0.3 is 10.0 Å². The Labute approximate surface area is 109 Å². The van der Waals surface area contributed by atoms with Crippen molar-refractivity contribution in [3.63, 3.8) is 0 Å². The van der Waals surface area contributed by atoms with Crippen LogP contribution in [0.1, 0.15) is 28.6 Å². The summed E-state index contributed by atoms with van der Waals surface area (Å²) in [5.41, 5.74) is 0.870. The molecule has 94 valence electrons. The number of carboxylic acid groups (broad SMARTS) is 1. The van der Waals surface area contributed by atoms with Gasteiger partial charge >= 0.3 is 5.97 Å². The van der Waals surface area contributed by atoms with Gasteiger partial charge in [-0.3, -0.25) is 9.59 Å². The SMILES string of the molecule is CCN(CCC(=O)O)C(=O)c1scc(C)c1Cl. The summed E-state index contributed by atoms with van der Waals surface area (Å²) < 4.78 is 0. The molecule has 1 aromatic heterocycles. The van der Waals surface area contributed by atoms with Gasteiger partial charge in [0, 0.05) is 13.1 Å². The standard InChI is InChI=1S/C11H14ClNO3S/c1-3-13(5-4-8(14)15)11(16)10-9(12)7(2)6-17-10/h6H,3-5H2,1-2H3,(H,14,15).